The molecule has 0 aliphatic heterocycles. The summed E-state index contributed by atoms with van der Waals surface area (Å²) >= 11 is 0. The molecular formula is C14H19NO4. The van der Waals surface area contributed by atoms with E-state index >= 15 is 0 Å². The Morgan fingerprint density at radius 1 is 1.26 bits per heavy atom. The second kappa shape index (κ2) is 6.78. The van der Waals surface area contributed by atoms with Crippen LogP contribution in [0, 0.1) is 5.92 Å². The number of carbonyl (C=O) groups excluding carboxylic acids is 1. The Hall–Kier alpha value is -2.04. The molecule has 0 spiro atoms. The molecule has 1 aromatic carbocycles. The molecule has 0 saturated heterocycles. The van der Waals surface area contributed by atoms with E-state index in [4.69, 9.17) is 9.84 Å². The minimum absolute atomic E-state index is 0.0248. The van der Waals surface area contributed by atoms with E-state index in [0.29, 0.717) is 12.3 Å². The molecule has 1 amide bonds. The molecule has 0 unspecified atom stereocenters. The van der Waals surface area contributed by atoms with Crippen LogP contribution in [-0.2, 0) is 16.1 Å². The number of ether oxygens (including phenoxy) is 1. The zero-order chi connectivity index (χ0) is 14.4. The summed E-state index contributed by atoms with van der Waals surface area (Å²) in [6.45, 7) is 3.89. The van der Waals surface area contributed by atoms with E-state index in [9.17, 15) is 9.59 Å². The van der Waals surface area contributed by atoms with E-state index in [-0.39, 0.29) is 18.4 Å². The molecule has 0 aliphatic rings. The maximum Gasteiger partial charge on any atom is 0.341 e. The SMILES string of the molecule is CC(C)C(=O)N(C)Cc1ccc(OCC(=O)O)cc1. The number of hydrogen-bond acceptors (Lipinski definition) is 3. The summed E-state index contributed by atoms with van der Waals surface area (Å²) in [4.78, 5) is 23.7. The fraction of sp³-hybridized carbons (Fsp3) is 0.429. The van der Waals surface area contributed by atoms with Gasteiger partial charge in [0.1, 0.15) is 5.75 Å². The van der Waals surface area contributed by atoms with E-state index < -0.39 is 5.97 Å². The van der Waals surface area contributed by atoms with E-state index in [2.05, 4.69) is 0 Å². The first-order valence-electron chi connectivity index (χ1n) is 6.08. The quantitative estimate of drug-likeness (QED) is 0.851. The number of carboxylic acid groups (broad SMARTS) is 1. The van der Waals surface area contributed by atoms with Gasteiger partial charge < -0.3 is 14.7 Å². The number of nitrogens with zero attached hydrogens (tertiary/aromatic N) is 1. The number of carbonyl (C=O) groups is 2. The molecule has 0 bridgehead atoms. The van der Waals surface area contributed by atoms with Gasteiger partial charge >= 0.3 is 5.97 Å². The van der Waals surface area contributed by atoms with Crippen LogP contribution in [0.15, 0.2) is 24.3 Å². The third-order valence-electron chi connectivity index (χ3n) is 2.58. The fourth-order valence-electron chi connectivity index (χ4n) is 1.63. The Morgan fingerprint density at radius 2 is 1.84 bits per heavy atom. The van der Waals surface area contributed by atoms with Crippen LogP contribution in [0.1, 0.15) is 19.4 Å². The molecule has 0 saturated carbocycles. The predicted octanol–water partition coefficient (Wildman–Crippen LogP) is 1.76. The number of rotatable bonds is 6. The van der Waals surface area contributed by atoms with Gasteiger partial charge in [0.05, 0.1) is 0 Å². The highest BCUT2D eigenvalue weighted by Crippen LogP contribution is 2.14. The van der Waals surface area contributed by atoms with Gasteiger partial charge in [-0.1, -0.05) is 26.0 Å². The normalized spacial score (nSPS) is 10.3. The van der Waals surface area contributed by atoms with Crippen molar-refractivity contribution in [2.24, 2.45) is 5.92 Å². The Labute approximate surface area is 112 Å². The summed E-state index contributed by atoms with van der Waals surface area (Å²) in [5.41, 5.74) is 0.971. The van der Waals surface area contributed by atoms with Crippen molar-refractivity contribution in [3.63, 3.8) is 0 Å². The summed E-state index contributed by atoms with van der Waals surface area (Å²) in [6, 6.07) is 7.04. The molecule has 104 valence electrons. The average Bonchev–Trinajstić information content (AvgIpc) is 2.36. The number of benzene rings is 1. The van der Waals surface area contributed by atoms with Crippen LogP contribution in [0.5, 0.6) is 5.75 Å². The van der Waals surface area contributed by atoms with Crippen LogP contribution in [0.4, 0.5) is 0 Å². The van der Waals surface area contributed by atoms with E-state index in [1.54, 1.807) is 24.1 Å². The fourth-order valence-corrected chi connectivity index (χ4v) is 1.63. The van der Waals surface area contributed by atoms with Gasteiger partial charge in [0.2, 0.25) is 5.91 Å². The van der Waals surface area contributed by atoms with Gasteiger partial charge in [0, 0.05) is 19.5 Å². The van der Waals surface area contributed by atoms with Gasteiger partial charge in [-0.25, -0.2) is 4.79 Å². The molecule has 1 aromatic rings. The standard InChI is InChI=1S/C14H19NO4/c1-10(2)14(18)15(3)8-11-4-6-12(7-5-11)19-9-13(16)17/h4-7,10H,8-9H2,1-3H3,(H,16,17). The maximum atomic E-state index is 11.7. The number of carboxylic acids is 1. The molecule has 5 heteroatoms. The van der Waals surface area contributed by atoms with Crippen LogP contribution in [0.2, 0.25) is 0 Å². The number of hydrogen-bond donors (Lipinski definition) is 1. The van der Waals surface area contributed by atoms with Crippen molar-refractivity contribution in [1.82, 2.24) is 4.90 Å². The van der Waals surface area contributed by atoms with E-state index in [1.807, 2.05) is 26.0 Å². The van der Waals surface area contributed by atoms with Gasteiger partial charge in [-0.05, 0) is 17.7 Å². The van der Waals surface area contributed by atoms with Crippen LogP contribution in [0.3, 0.4) is 0 Å². The highest BCUT2D eigenvalue weighted by atomic mass is 16.5. The lowest BCUT2D eigenvalue weighted by molar-refractivity contribution is -0.139. The summed E-state index contributed by atoms with van der Waals surface area (Å²) in [6.07, 6.45) is 0. The summed E-state index contributed by atoms with van der Waals surface area (Å²) in [5.74, 6) is -0.440. The van der Waals surface area contributed by atoms with Crippen LogP contribution >= 0.6 is 0 Å². The van der Waals surface area contributed by atoms with Crippen molar-refractivity contribution in [2.45, 2.75) is 20.4 Å². The minimum Gasteiger partial charge on any atom is -0.482 e. The molecule has 0 heterocycles. The Balaban J connectivity index is 2.57. The molecular weight excluding hydrogens is 246 g/mol. The molecule has 0 radical (unpaired) electrons. The molecule has 19 heavy (non-hydrogen) atoms. The smallest absolute Gasteiger partial charge is 0.341 e. The van der Waals surface area contributed by atoms with Crippen molar-refractivity contribution in [2.75, 3.05) is 13.7 Å². The zero-order valence-electron chi connectivity index (χ0n) is 11.4. The van der Waals surface area contributed by atoms with Gasteiger partial charge in [-0.2, -0.15) is 0 Å². The highest BCUT2D eigenvalue weighted by molar-refractivity contribution is 5.77. The molecule has 1 N–H and O–H groups in total. The van der Waals surface area contributed by atoms with Gasteiger partial charge in [0.25, 0.3) is 0 Å². The van der Waals surface area contributed by atoms with Crippen molar-refractivity contribution < 1.29 is 19.4 Å². The van der Waals surface area contributed by atoms with Crippen LogP contribution < -0.4 is 4.74 Å². The minimum atomic E-state index is -1.01. The number of aliphatic carboxylic acids is 1. The van der Waals surface area contributed by atoms with Crippen molar-refractivity contribution >= 4 is 11.9 Å². The summed E-state index contributed by atoms with van der Waals surface area (Å²) in [5, 5.41) is 8.49. The Kier molecular flexibility index (Phi) is 5.36. The largest absolute Gasteiger partial charge is 0.482 e. The second-order valence-electron chi connectivity index (χ2n) is 4.68. The van der Waals surface area contributed by atoms with E-state index in [1.165, 1.54) is 0 Å². The maximum absolute atomic E-state index is 11.7. The average molecular weight is 265 g/mol. The topological polar surface area (TPSA) is 66.8 Å². The molecule has 0 aromatic heterocycles. The lowest BCUT2D eigenvalue weighted by Crippen LogP contribution is -2.29. The van der Waals surface area contributed by atoms with Gasteiger partial charge in [-0.15, -0.1) is 0 Å². The van der Waals surface area contributed by atoms with Crippen molar-refractivity contribution in [3.05, 3.63) is 29.8 Å². The van der Waals surface area contributed by atoms with Crippen molar-refractivity contribution in [3.8, 4) is 5.75 Å². The second-order valence-corrected chi connectivity index (χ2v) is 4.68. The predicted molar refractivity (Wildman–Crippen MR) is 70.9 cm³/mol. The summed E-state index contributed by atoms with van der Waals surface area (Å²) in [7, 11) is 1.76. The van der Waals surface area contributed by atoms with Crippen LogP contribution in [0.25, 0.3) is 0 Å². The number of amides is 1. The molecule has 0 aliphatic carbocycles. The zero-order valence-corrected chi connectivity index (χ0v) is 11.4. The first kappa shape index (κ1) is 15.0. The lowest BCUT2D eigenvalue weighted by Gasteiger charge is -2.19. The molecule has 5 nitrogen and oxygen atoms in total. The molecule has 0 fully saturated rings. The molecule has 1 rings (SSSR count). The highest BCUT2D eigenvalue weighted by Gasteiger charge is 2.12. The third kappa shape index (κ3) is 4.99. The third-order valence-corrected chi connectivity index (χ3v) is 2.58. The van der Waals surface area contributed by atoms with E-state index in [0.717, 1.165) is 5.56 Å². The Bertz CT molecular complexity index is 439. The van der Waals surface area contributed by atoms with Gasteiger partial charge in [-0.3, -0.25) is 4.79 Å². The lowest BCUT2D eigenvalue weighted by atomic mass is 10.1. The summed E-state index contributed by atoms with van der Waals surface area (Å²) < 4.78 is 5.03. The molecule has 0 atom stereocenters. The first-order valence-corrected chi connectivity index (χ1v) is 6.08. The monoisotopic (exact) mass is 265 g/mol. The van der Waals surface area contributed by atoms with Gasteiger partial charge in [0.15, 0.2) is 6.61 Å². The Morgan fingerprint density at radius 3 is 2.32 bits per heavy atom. The first-order chi connectivity index (χ1) is 8.90. The van der Waals surface area contributed by atoms with Crippen LogP contribution in [-0.4, -0.2) is 35.5 Å². The van der Waals surface area contributed by atoms with Crippen molar-refractivity contribution in [1.29, 1.82) is 0 Å².